The zero-order chi connectivity index (χ0) is 9.52. The van der Waals surface area contributed by atoms with Crippen LogP contribution >= 0.6 is 15.9 Å². The van der Waals surface area contributed by atoms with Crippen LogP contribution in [0.3, 0.4) is 0 Å². The monoisotopic (exact) mass is 240 g/mol. The van der Waals surface area contributed by atoms with Gasteiger partial charge in [-0.15, -0.1) is 0 Å². The maximum atomic E-state index is 5.35. The summed E-state index contributed by atoms with van der Waals surface area (Å²) in [5.74, 6) is 0. The summed E-state index contributed by atoms with van der Waals surface area (Å²) in [6, 6.07) is 4.01. The molecule has 0 saturated carbocycles. The van der Waals surface area contributed by atoms with E-state index in [4.69, 9.17) is 5.73 Å². The van der Waals surface area contributed by atoms with Crippen LogP contribution in [0.5, 0.6) is 0 Å². The first-order valence-corrected chi connectivity index (χ1v) is 5.07. The SMILES string of the molecule is NCC/C=C/Cc1ccc(Br)cn1. The number of hydrogen-bond acceptors (Lipinski definition) is 2. The van der Waals surface area contributed by atoms with E-state index in [9.17, 15) is 0 Å². The van der Waals surface area contributed by atoms with Gasteiger partial charge in [0.15, 0.2) is 0 Å². The Labute approximate surface area is 87.0 Å². The minimum absolute atomic E-state index is 0.713. The van der Waals surface area contributed by atoms with Gasteiger partial charge in [0.2, 0.25) is 0 Å². The lowest BCUT2D eigenvalue weighted by molar-refractivity contribution is 0.996. The maximum Gasteiger partial charge on any atom is 0.0442 e. The van der Waals surface area contributed by atoms with Gasteiger partial charge < -0.3 is 5.73 Å². The molecule has 13 heavy (non-hydrogen) atoms. The zero-order valence-electron chi connectivity index (χ0n) is 7.41. The van der Waals surface area contributed by atoms with Gasteiger partial charge in [-0.25, -0.2) is 0 Å². The van der Waals surface area contributed by atoms with E-state index in [1.54, 1.807) is 0 Å². The Morgan fingerprint density at radius 2 is 2.23 bits per heavy atom. The Morgan fingerprint density at radius 3 is 2.85 bits per heavy atom. The van der Waals surface area contributed by atoms with E-state index in [2.05, 4.69) is 33.1 Å². The predicted molar refractivity (Wildman–Crippen MR) is 58.5 cm³/mol. The van der Waals surface area contributed by atoms with Crippen molar-refractivity contribution in [2.75, 3.05) is 6.54 Å². The molecule has 2 nitrogen and oxygen atoms in total. The first-order valence-electron chi connectivity index (χ1n) is 4.28. The average Bonchev–Trinajstić information content (AvgIpc) is 2.15. The molecule has 0 unspecified atom stereocenters. The highest BCUT2D eigenvalue weighted by Crippen LogP contribution is 2.07. The molecule has 2 N–H and O–H groups in total. The Morgan fingerprint density at radius 1 is 1.38 bits per heavy atom. The summed E-state index contributed by atoms with van der Waals surface area (Å²) in [6.07, 6.45) is 7.82. The molecule has 0 saturated heterocycles. The number of aromatic nitrogens is 1. The molecule has 70 valence electrons. The zero-order valence-corrected chi connectivity index (χ0v) is 9.00. The highest BCUT2D eigenvalue weighted by molar-refractivity contribution is 9.10. The Bertz CT molecular complexity index is 267. The van der Waals surface area contributed by atoms with Crippen molar-refractivity contribution in [2.24, 2.45) is 5.73 Å². The van der Waals surface area contributed by atoms with Crippen LogP contribution in [0.4, 0.5) is 0 Å². The first-order chi connectivity index (χ1) is 6.33. The number of allylic oxidation sites excluding steroid dienone is 1. The summed E-state index contributed by atoms with van der Waals surface area (Å²) in [4.78, 5) is 4.25. The second-order valence-corrected chi connectivity index (χ2v) is 3.64. The number of hydrogen-bond donors (Lipinski definition) is 1. The Hall–Kier alpha value is -0.670. The molecule has 0 aliphatic heterocycles. The molecule has 0 radical (unpaired) electrons. The van der Waals surface area contributed by atoms with Gasteiger partial charge in [0.05, 0.1) is 0 Å². The molecule has 0 aliphatic rings. The highest BCUT2D eigenvalue weighted by atomic mass is 79.9. The summed E-state index contributed by atoms with van der Waals surface area (Å²) >= 11 is 3.34. The topological polar surface area (TPSA) is 38.9 Å². The highest BCUT2D eigenvalue weighted by Gasteiger charge is 1.90. The predicted octanol–water partition coefficient (Wildman–Crippen LogP) is 2.29. The maximum absolute atomic E-state index is 5.35. The summed E-state index contributed by atoms with van der Waals surface area (Å²) in [7, 11) is 0. The summed E-state index contributed by atoms with van der Waals surface area (Å²) in [6.45, 7) is 0.713. The molecule has 1 heterocycles. The first kappa shape index (κ1) is 10.4. The number of halogens is 1. The van der Waals surface area contributed by atoms with Gasteiger partial charge in [-0.3, -0.25) is 4.98 Å². The molecular formula is C10H13BrN2. The Balaban J connectivity index is 2.41. The van der Waals surface area contributed by atoms with Gasteiger partial charge in [0, 0.05) is 22.8 Å². The fourth-order valence-electron chi connectivity index (χ4n) is 0.945. The third-order valence-corrected chi connectivity index (χ3v) is 2.08. The van der Waals surface area contributed by atoms with Crippen molar-refractivity contribution in [3.8, 4) is 0 Å². The molecule has 0 aliphatic carbocycles. The number of rotatable bonds is 4. The second-order valence-electron chi connectivity index (χ2n) is 2.72. The van der Waals surface area contributed by atoms with Crippen LogP contribution in [-0.4, -0.2) is 11.5 Å². The molecule has 1 aromatic rings. The van der Waals surface area contributed by atoms with Gasteiger partial charge in [-0.2, -0.15) is 0 Å². The van der Waals surface area contributed by atoms with Gasteiger partial charge in [0.1, 0.15) is 0 Å². The fourth-order valence-corrected chi connectivity index (χ4v) is 1.18. The number of nitrogens with two attached hydrogens (primary N) is 1. The normalized spacial score (nSPS) is 10.9. The van der Waals surface area contributed by atoms with E-state index in [0.717, 1.165) is 23.0 Å². The lowest BCUT2D eigenvalue weighted by Crippen LogP contribution is -1.95. The van der Waals surface area contributed by atoms with Crippen molar-refractivity contribution >= 4 is 15.9 Å². The number of nitrogens with zero attached hydrogens (tertiary/aromatic N) is 1. The molecule has 0 bridgehead atoms. The van der Waals surface area contributed by atoms with E-state index >= 15 is 0 Å². The molecule has 0 spiro atoms. The van der Waals surface area contributed by atoms with Crippen LogP contribution in [-0.2, 0) is 6.42 Å². The molecule has 0 fully saturated rings. The van der Waals surface area contributed by atoms with Crippen LogP contribution in [0.25, 0.3) is 0 Å². The average molecular weight is 241 g/mol. The van der Waals surface area contributed by atoms with E-state index in [1.807, 2.05) is 18.3 Å². The van der Waals surface area contributed by atoms with Crippen LogP contribution < -0.4 is 5.73 Å². The van der Waals surface area contributed by atoms with Gasteiger partial charge in [0.25, 0.3) is 0 Å². The molecule has 1 aromatic heterocycles. The van der Waals surface area contributed by atoms with E-state index in [-0.39, 0.29) is 0 Å². The Kier molecular flexibility index (Phi) is 4.72. The van der Waals surface area contributed by atoms with Crippen molar-refractivity contribution in [1.82, 2.24) is 4.98 Å². The third-order valence-electron chi connectivity index (χ3n) is 1.62. The van der Waals surface area contributed by atoms with E-state index < -0.39 is 0 Å². The quantitative estimate of drug-likeness (QED) is 0.821. The third kappa shape index (κ3) is 4.20. The summed E-state index contributed by atoms with van der Waals surface area (Å²) in [5.41, 5.74) is 6.43. The van der Waals surface area contributed by atoms with Crippen LogP contribution in [0.2, 0.25) is 0 Å². The van der Waals surface area contributed by atoms with Gasteiger partial charge in [-0.05, 0) is 41.0 Å². The standard InChI is InChI=1S/C10H13BrN2/c11-9-5-6-10(13-8-9)4-2-1-3-7-12/h1-2,5-6,8H,3-4,7,12H2/b2-1+. The van der Waals surface area contributed by atoms with Crippen LogP contribution in [0, 0.1) is 0 Å². The minimum atomic E-state index is 0.713. The van der Waals surface area contributed by atoms with Crippen molar-refractivity contribution in [2.45, 2.75) is 12.8 Å². The van der Waals surface area contributed by atoms with Crippen molar-refractivity contribution < 1.29 is 0 Å². The van der Waals surface area contributed by atoms with Gasteiger partial charge >= 0.3 is 0 Å². The lowest BCUT2D eigenvalue weighted by atomic mass is 10.2. The molecular weight excluding hydrogens is 228 g/mol. The molecule has 3 heteroatoms. The van der Waals surface area contributed by atoms with E-state index in [1.165, 1.54) is 0 Å². The molecule has 0 aromatic carbocycles. The van der Waals surface area contributed by atoms with E-state index in [0.29, 0.717) is 6.54 Å². The fraction of sp³-hybridized carbons (Fsp3) is 0.300. The summed E-state index contributed by atoms with van der Waals surface area (Å²) < 4.78 is 1.02. The smallest absolute Gasteiger partial charge is 0.0442 e. The molecule has 1 rings (SSSR count). The van der Waals surface area contributed by atoms with Crippen LogP contribution in [0.1, 0.15) is 12.1 Å². The second kappa shape index (κ2) is 5.89. The van der Waals surface area contributed by atoms with Crippen molar-refractivity contribution in [3.05, 3.63) is 40.6 Å². The van der Waals surface area contributed by atoms with Crippen LogP contribution in [0.15, 0.2) is 35.0 Å². The molecule has 0 amide bonds. The van der Waals surface area contributed by atoms with Gasteiger partial charge in [-0.1, -0.05) is 12.2 Å². The largest absolute Gasteiger partial charge is 0.330 e. The minimum Gasteiger partial charge on any atom is -0.330 e. The molecule has 0 atom stereocenters. The number of pyridine rings is 1. The van der Waals surface area contributed by atoms with Crippen molar-refractivity contribution in [1.29, 1.82) is 0 Å². The lowest BCUT2D eigenvalue weighted by Gasteiger charge is -1.94. The van der Waals surface area contributed by atoms with Crippen molar-refractivity contribution in [3.63, 3.8) is 0 Å². The summed E-state index contributed by atoms with van der Waals surface area (Å²) in [5, 5.41) is 0.